The van der Waals surface area contributed by atoms with Gasteiger partial charge >= 0.3 is 11.8 Å². The van der Waals surface area contributed by atoms with Crippen LogP contribution in [-0.2, 0) is 0 Å². The summed E-state index contributed by atoms with van der Waals surface area (Å²) in [5.41, 5.74) is 0. The van der Waals surface area contributed by atoms with Crippen molar-refractivity contribution in [2.24, 2.45) is 0 Å². The highest BCUT2D eigenvalue weighted by atomic mass is 19.3. The van der Waals surface area contributed by atoms with Crippen molar-refractivity contribution in [3.05, 3.63) is 0 Å². The van der Waals surface area contributed by atoms with E-state index >= 15 is 0 Å². The van der Waals surface area contributed by atoms with Crippen molar-refractivity contribution in [3.63, 3.8) is 0 Å². The molecule has 0 aromatic carbocycles. The summed E-state index contributed by atoms with van der Waals surface area (Å²) in [5.74, 6) is -9.86. The Bertz CT molecular complexity index is 179. The van der Waals surface area contributed by atoms with E-state index in [9.17, 15) is 30.7 Å². The molecule has 0 saturated carbocycles. The van der Waals surface area contributed by atoms with Crippen molar-refractivity contribution in [1.29, 1.82) is 0 Å². The van der Waals surface area contributed by atoms with Crippen molar-refractivity contribution < 1.29 is 30.7 Å². The zero-order valence-corrected chi connectivity index (χ0v) is 7.21. The summed E-state index contributed by atoms with van der Waals surface area (Å²) in [4.78, 5) is 0. The Hall–Kier alpha value is -0.490. The molecule has 1 unspecified atom stereocenters. The van der Waals surface area contributed by atoms with Crippen molar-refractivity contribution in [3.8, 4) is 0 Å². The first-order valence-electron chi connectivity index (χ1n) is 3.80. The molecular formula is C7H9F7. The Kier molecular flexibility index (Phi) is 4.20. The van der Waals surface area contributed by atoms with Gasteiger partial charge in [-0.05, 0) is 0 Å². The van der Waals surface area contributed by atoms with E-state index in [1.165, 1.54) is 0 Å². The van der Waals surface area contributed by atoms with Gasteiger partial charge in [-0.1, -0.05) is 6.92 Å². The highest BCUT2D eigenvalue weighted by Gasteiger charge is 2.62. The molecule has 0 saturated heterocycles. The number of rotatable bonds is 5. The van der Waals surface area contributed by atoms with Crippen molar-refractivity contribution >= 4 is 0 Å². The Morgan fingerprint density at radius 1 is 1.07 bits per heavy atom. The fourth-order valence-electron chi connectivity index (χ4n) is 0.743. The molecule has 0 aromatic rings. The van der Waals surface area contributed by atoms with Crippen LogP contribution in [0.3, 0.4) is 0 Å². The Morgan fingerprint density at radius 3 is 1.79 bits per heavy atom. The molecule has 7 heteroatoms. The Balaban J connectivity index is 4.76. The van der Waals surface area contributed by atoms with E-state index in [1.807, 2.05) is 0 Å². The number of halogens is 7. The second kappa shape index (κ2) is 4.35. The van der Waals surface area contributed by atoms with E-state index in [2.05, 4.69) is 0 Å². The third-order valence-corrected chi connectivity index (χ3v) is 1.74. The third kappa shape index (κ3) is 2.30. The van der Waals surface area contributed by atoms with Gasteiger partial charge in [0.25, 0.3) is 0 Å². The molecule has 0 heterocycles. The van der Waals surface area contributed by atoms with Gasteiger partial charge in [-0.15, -0.1) is 0 Å². The molecule has 86 valence electrons. The third-order valence-electron chi connectivity index (χ3n) is 1.74. The largest absolute Gasteiger partial charge is 0.343 e. The van der Waals surface area contributed by atoms with Gasteiger partial charge in [0.1, 0.15) is 6.67 Å². The van der Waals surface area contributed by atoms with E-state index < -0.39 is 37.3 Å². The Labute approximate surface area is 76.1 Å². The van der Waals surface area contributed by atoms with Crippen LogP contribution in [0, 0.1) is 0 Å². The van der Waals surface area contributed by atoms with Crippen LogP contribution in [0.15, 0.2) is 0 Å². The van der Waals surface area contributed by atoms with E-state index in [4.69, 9.17) is 0 Å². The lowest BCUT2D eigenvalue weighted by molar-refractivity contribution is -0.249. The predicted molar refractivity (Wildman–Crippen MR) is 36.0 cm³/mol. The SMILES string of the molecule is CCC(F)(F)C(F)(F)[C@@H](F)C(F)CF. The smallest absolute Gasteiger partial charge is 0.248 e. The van der Waals surface area contributed by atoms with E-state index in [1.54, 1.807) is 0 Å². The lowest BCUT2D eigenvalue weighted by Crippen LogP contribution is -2.51. The first-order valence-corrected chi connectivity index (χ1v) is 3.80. The van der Waals surface area contributed by atoms with Crippen molar-refractivity contribution in [2.75, 3.05) is 6.67 Å². The van der Waals surface area contributed by atoms with Crippen molar-refractivity contribution in [2.45, 2.75) is 37.5 Å². The zero-order valence-electron chi connectivity index (χ0n) is 7.21. The first kappa shape index (κ1) is 13.5. The molecule has 2 atom stereocenters. The minimum atomic E-state index is -5.19. The average molecular weight is 226 g/mol. The van der Waals surface area contributed by atoms with Crippen molar-refractivity contribution in [1.82, 2.24) is 0 Å². The molecule has 0 aliphatic heterocycles. The number of hydrogen-bond acceptors (Lipinski definition) is 0. The van der Waals surface area contributed by atoms with Gasteiger partial charge < -0.3 is 0 Å². The molecule has 0 aromatic heterocycles. The first-order chi connectivity index (χ1) is 6.20. The van der Waals surface area contributed by atoms with Gasteiger partial charge in [0.2, 0.25) is 6.17 Å². The molecule has 0 spiro atoms. The van der Waals surface area contributed by atoms with Crippen LogP contribution in [-0.4, -0.2) is 30.9 Å². The maximum Gasteiger partial charge on any atom is 0.343 e. The minimum absolute atomic E-state index is 0.698. The van der Waals surface area contributed by atoms with Crippen LogP contribution in [0.1, 0.15) is 13.3 Å². The lowest BCUT2D eigenvalue weighted by atomic mass is 10.0. The molecule has 0 aliphatic carbocycles. The fraction of sp³-hybridized carbons (Fsp3) is 1.00. The van der Waals surface area contributed by atoms with Gasteiger partial charge in [-0.25, -0.2) is 13.2 Å². The van der Waals surface area contributed by atoms with E-state index in [0.717, 1.165) is 0 Å². The summed E-state index contributed by atoms with van der Waals surface area (Å²) in [6.45, 7) is -1.36. The molecular weight excluding hydrogens is 217 g/mol. The summed E-state index contributed by atoms with van der Waals surface area (Å²) in [7, 11) is 0. The van der Waals surface area contributed by atoms with E-state index in [-0.39, 0.29) is 0 Å². The molecule has 0 nitrogen and oxygen atoms in total. The summed E-state index contributed by atoms with van der Waals surface area (Å²) in [6.07, 6.45) is -8.41. The normalized spacial score (nSPS) is 18.0. The van der Waals surface area contributed by atoms with Crippen LogP contribution < -0.4 is 0 Å². The molecule has 0 radical (unpaired) electrons. The standard InChI is InChI=1S/C7H9F7/c1-2-6(11,12)7(13,14)5(10)4(9)3-8/h4-5H,2-3H2,1H3/t4?,5-/m0/s1. The average Bonchev–Trinajstić information content (AvgIpc) is 2.14. The Morgan fingerprint density at radius 2 is 1.50 bits per heavy atom. The van der Waals surface area contributed by atoms with Crippen LogP contribution in [0.2, 0.25) is 0 Å². The molecule has 14 heavy (non-hydrogen) atoms. The van der Waals surface area contributed by atoms with Crippen LogP contribution in [0.25, 0.3) is 0 Å². The van der Waals surface area contributed by atoms with Gasteiger partial charge in [0.15, 0.2) is 6.17 Å². The van der Waals surface area contributed by atoms with Crippen LogP contribution in [0.4, 0.5) is 30.7 Å². The quantitative estimate of drug-likeness (QED) is 0.631. The number of hydrogen-bond donors (Lipinski definition) is 0. The second-order valence-corrected chi connectivity index (χ2v) is 2.75. The predicted octanol–water partition coefficient (Wildman–Crippen LogP) is 3.31. The van der Waals surface area contributed by atoms with Crippen LogP contribution >= 0.6 is 0 Å². The second-order valence-electron chi connectivity index (χ2n) is 2.75. The molecule has 0 N–H and O–H groups in total. The summed E-state index contributed by atoms with van der Waals surface area (Å²) < 4.78 is 85.8. The van der Waals surface area contributed by atoms with Gasteiger partial charge in [0.05, 0.1) is 0 Å². The molecule has 0 bridgehead atoms. The summed E-state index contributed by atoms with van der Waals surface area (Å²) >= 11 is 0. The van der Waals surface area contributed by atoms with Gasteiger partial charge in [-0.2, -0.15) is 17.6 Å². The summed E-state index contributed by atoms with van der Waals surface area (Å²) in [5, 5.41) is 0. The maximum atomic E-state index is 12.5. The highest BCUT2D eigenvalue weighted by molar-refractivity contribution is 4.93. The molecule has 0 amide bonds. The molecule has 0 fully saturated rings. The van der Waals surface area contributed by atoms with E-state index in [0.29, 0.717) is 6.92 Å². The molecule has 0 rings (SSSR count). The zero-order chi connectivity index (χ0) is 11.6. The van der Waals surface area contributed by atoms with Gasteiger partial charge in [-0.3, -0.25) is 0 Å². The van der Waals surface area contributed by atoms with Crippen LogP contribution in [0.5, 0.6) is 0 Å². The molecule has 0 aliphatic rings. The maximum absolute atomic E-state index is 12.5. The topological polar surface area (TPSA) is 0 Å². The fourth-order valence-corrected chi connectivity index (χ4v) is 0.743. The lowest BCUT2D eigenvalue weighted by Gasteiger charge is -2.29. The van der Waals surface area contributed by atoms with Gasteiger partial charge in [0, 0.05) is 6.42 Å². The highest BCUT2D eigenvalue weighted by Crippen LogP contribution is 2.42. The number of alkyl halides is 7. The minimum Gasteiger partial charge on any atom is -0.248 e. The monoisotopic (exact) mass is 226 g/mol. The summed E-state index contributed by atoms with van der Waals surface area (Å²) in [6, 6.07) is 0.